The van der Waals surface area contributed by atoms with Crippen molar-refractivity contribution >= 4 is 10.9 Å². The van der Waals surface area contributed by atoms with Gasteiger partial charge in [-0.25, -0.2) is 0 Å². The second-order valence-corrected chi connectivity index (χ2v) is 4.70. The van der Waals surface area contributed by atoms with Gasteiger partial charge in [-0.05, 0) is 25.0 Å². The molecule has 1 atom stereocenters. The van der Waals surface area contributed by atoms with Gasteiger partial charge in [0.05, 0.1) is 5.52 Å². The highest BCUT2D eigenvalue weighted by atomic mass is 14.7. The zero-order valence-corrected chi connectivity index (χ0v) is 9.76. The lowest BCUT2D eigenvalue weighted by atomic mass is 10.1. The molecule has 86 valence electrons. The normalized spacial score (nSPS) is 19.6. The van der Waals surface area contributed by atoms with Gasteiger partial charge < -0.3 is 5.73 Å². The summed E-state index contributed by atoms with van der Waals surface area (Å²) in [6.45, 7) is 0. The largest absolute Gasteiger partial charge is 0.324 e. The van der Waals surface area contributed by atoms with Gasteiger partial charge in [-0.2, -0.15) is 0 Å². The zero-order chi connectivity index (χ0) is 11.7. The van der Waals surface area contributed by atoms with Gasteiger partial charge in [0.1, 0.15) is 0 Å². The van der Waals surface area contributed by atoms with E-state index in [0.29, 0.717) is 0 Å². The highest BCUT2D eigenvalue weighted by Gasteiger charge is 2.12. The third-order valence-corrected chi connectivity index (χ3v) is 3.31. The van der Waals surface area contributed by atoms with Crippen LogP contribution in [0.4, 0.5) is 0 Å². The molecule has 2 N–H and O–H groups in total. The molecule has 0 radical (unpaired) electrons. The number of nitrogens with zero attached hydrogens (tertiary/aromatic N) is 1. The number of hydrogen-bond donors (Lipinski definition) is 1. The second-order valence-electron chi connectivity index (χ2n) is 4.70. The lowest BCUT2D eigenvalue weighted by molar-refractivity contribution is 0.769. The molecule has 2 nitrogen and oxygen atoms in total. The number of pyridine rings is 1. The molecule has 0 fully saturated rings. The summed E-state index contributed by atoms with van der Waals surface area (Å²) in [4.78, 5) is 4.68. The number of rotatable bonds is 2. The molecule has 17 heavy (non-hydrogen) atoms. The minimum Gasteiger partial charge on any atom is -0.324 e. The van der Waals surface area contributed by atoms with Crippen molar-refractivity contribution in [1.82, 2.24) is 4.98 Å². The zero-order valence-electron chi connectivity index (χ0n) is 9.76. The molecule has 0 bridgehead atoms. The third kappa shape index (κ3) is 2.22. The number of fused-ring (bicyclic) bond motifs is 1. The molecule has 1 aromatic carbocycles. The van der Waals surface area contributed by atoms with Crippen LogP contribution >= 0.6 is 0 Å². The number of benzene rings is 1. The van der Waals surface area contributed by atoms with Gasteiger partial charge in [0, 0.05) is 23.5 Å². The Labute approximate surface area is 101 Å². The van der Waals surface area contributed by atoms with E-state index < -0.39 is 0 Å². The second kappa shape index (κ2) is 4.30. The summed E-state index contributed by atoms with van der Waals surface area (Å²) in [6.07, 6.45) is 5.34. The van der Waals surface area contributed by atoms with Crippen LogP contribution in [-0.2, 0) is 6.42 Å². The van der Waals surface area contributed by atoms with Crippen LogP contribution in [0.25, 0.3) is 10.9 Å². The molecule has 1 aliphatic rings. The Bertz CT molecular complexity index is 572. The number of aromatic nitrogens is 1. The lowest BCUT2D eigenvalue weighted by Crippen LogP contribution is -2.11. The predicted octanol–water partition coefficient (Wildman–Crippen LogP) is 2.82. The van der Waals surface area contributed by atoms with Crippen molar-refractivity contribution in [3.05, 3.63) is 53.7 Å². The van der Waals surface area contributed by atoms with Crippen LogP contribution in [0.15, 0.2) is 48.0 Å². The van der Waals surface area contributed by atoms with E-state index in [9.17, 15) is 0 Å². The maximum absolute atomic E-state index is 5.87. The van der Waals surface area contributed by atoms with E-state index in [1.54, 1.807) is 0 Å². The van der Waals surface area contributed by atoms with Crippen LogP contribution < -0.4 is 5.73 Å². The molecule has 0 saturated heterocycles. The number of allylic oxidation sites excluding steroid dienone is 1. The average Bonchev–Trinajstić information content (AvgIpc) is 2.75. The van der Waals surface area contributed by atoms with Gasteiger partial charge in [-0.1, -0.05) is 35.9 Å². The molecule has 1 aromatic heterocycles. The summed E-state index contributed by atoms with van der Waals surface area (Å²) in [6, 6.07) is 12.8. The fourth-order valence-electron chi connectivity index (χ4n) is 2.41. The minimum atomic E-state index is 0.255. The van der Waals surface area contributed by atoms with Crippen molar-refractivity contribution in [3.63, 3.8) is 0 Å². The molecule has 0 spiro atoms. The van der Waals surface area contributed by atoms with Gasteiger partial charge in [-0.15, -0.1) is 0 Å². The molecule has 1 unspecified atom stereocenters. The van der Waals surface area contributed by atoms with Crippen LogP contribution in [0, 0.1) is 0 Å². The van der Waals surface area contributed by atoms with E-state index in [-0.39, 0.29) is 6.04 Å². The first-order valence-electron chi connectivity index (χ1n) is 6.11. The first-order chi connectivity index (χ1) is 8.31. The Kier molecular flexibility index (Phi) is 2.65. The summed E-state index contributed by atoms with van der Waals surface area (Å²) in [7, 11) is 0. The average molecular weight is 224 g/mol. The van der Waals surface area contributed by atoms with Crippen LogP contribution in [0.2, 0.25) is 0 Å². The number of nitrogens with two attached hydrogens (primary N) is 1. The van der Waals surface area contributed by atoms with Crippen molar-refractivity contribution in [2.75, 3.05) is 0 Å². The Balaban J connectivity index is 1.88. The van der Waals surface area contributed by atoms with E-state index in [1.165, 1.54) is 11.0 Å². The van der Waals surface area contributed by atoms with E-state index in [0.717, 1.165) is 30.5 Å². The van der Waals surface area contributed by atoms with E-state index in [1.807, 2.05) is 12.1 Å². The van der Waals surface area contributed by atoms with Gasteiger partial charge >= 0.3 is 0 Å². The third-order valence-electron chi connectivity index (χ3n) is 3.31. The van der Waals surface area contributed by atoms with Crippen molar-refractivity contribution in [2.45, 2.75) is 25.3 Å². The molecule has 2 heteroatoms. The summed E-state index contributed by atoms with van der Waals surface area (Å²) >= 11 is 0. The van der Waals surface area contributed by atoms with Gasteiger partial charge in [0.15, 0.2) is 0 Å². The SMILES string of the molecule is NC1C=C(Cc2ccc3ccccc3n2)CC1. The van der Waals surface area contributed by atoms with Crippen LogP contribution in [-0.4, -0.2) is 11.0 Å². The van der Waals surface area contributed by atoms with Crippen molar-refractivity contribution in [3.8, 4) is 0 Å². The Hall–Kier alpha value is -1.67. The summed E-state index contributed by atoms with van der Waals surface area (Å²) in [5.74, 6) is 0. The standard InChI is InChI=1S/C15H16N2/c16-13-7-5-11(9-13)10-14-8-6-12-3-1-2-4-15(12)17-14/h1-4,6,8-9,13H,5,7,10,16H2. The monoisotopic (exact) mass is 224 g/mol. The highest BCUT2D eigenvalue weighted by molar-refractivity contribution is 5.78. The molecule has 0 amide bonds. The lowest BCUT2D eigenvalue weighted by Gasteiger charge is -2.03. The molecule has 0 aliphatic heterocycles. The first-order valence-corrected chi connectivity index (χ1v) is 6.11. The highest BCUT2D eigenvalue weighted by Crippen LogP contribution is 2.21. The summed E-state index contributed by atoms with van der Waals surface area (Å²) < 4.78 is 0. The van der Waals surface area contributed by atoms with E-state index >= 15 is 0 Å². The van der Waals surface area contributed by atoms with Gasteiger partial charge in [0.25, 0.3) is 0 Å². The molecular weight excluding hydrogens is 208 g/mol. The summed E-state index contributed by atoms with van der Waals surface area (Å²) in [5, 5.41) is 1.20. The van der Waals surface area contributed by atoms with E-state index in [2.05, 4.69) is 35.3 Å². The maximum Gasteiger partial charge on any atom is 0.0705 e. The Morgan fingerprint density at radius 1 is 1.18 bits per heavy atom. The Morgan fingerprint density at radius 3 is 2.88 bits per heavy atom. The number of hydrogen-bond acceptors (Lipinski definition) is 2. The number of para-hydroxylation sites is 1. The fourth-order valence-corrected chi connectivity index (χ4v) is 2.41. The fraction of sp³-hybridized carbons (Fsp3) is 0.267. The predicted molar refractivity (Wildman–Crippen MR) is 70.7 cm³/mol. The molecule has 0 saturated carbocycles. The minimum absolute atomic E-state index is 0.255. The first kappa shape index (κ1) is 10.5. The maximum atomic E-state index is 5.87. The quantitative estimate of drug-likeness (QED) is 0.797. The molecule has 3 rings (SSSR count). The topological polar surface area (TPSA) is 38.9 Å². The van der Waals surface area contributed by atoms with Crippen LogP contribution in [0.1, 0.15) is 18.5 Å². The van der Waals surface area contributed by atoms with Gasteiger partial charge in [0.2, 0.25) is 0 Å². The smallest absolute Gasteiger partial charge is 0.0705 e. The molecule has 2 aromatic rings. The molecule has 1 heterocycles. The summed E-state index contributed by atoms with van der Waals surface area (Å²) in [5.41, 5.74) is 9.52. The molecular formula is C15H16N2. The van der Waals surface area contributed by atoms with Crippen molar-refractivity contribution in [2.24, 2.45) is 5.73 Å². The van der Waals surface area contributed by atoms with Crippen LogP contribution in [0.5, 0.6) is 0 Å². The van der Waals surface area contributed by atoms with E-state index in [4.69, 9.17) is 5.73 Å². The van der Waals surface area contributed by atoms with Gasteiger partial charge in [-0.3, -0.25) is 4.98 Å². The van der Waals surface area contributed by atoms with Crippen LogP contribution in [0.3, 0.4) is 0 Å². The van der Waals surface area contributed by atoms with Crippen molar-refractivity contribution < 1.29 is 0 Å². The van der Waals surface area contributed by atoms with Crippen molar-refractivity contribution in [1.29, 1.82) is 0 Å². The molecule has 1 aliphatic carbocycles. The Morgan fingerprint density at radius 2 is 2.06 bits per heavy atom.